The average molecular weight is 267 g/mol. The molecule has 0 saturated carbocycles. The molecule has 1 rings (SSSR count). The summed E-state index contributed by atoms with van der Waals surface area (Å²) in [7, 11) is 4.90. The number of nitrogens with two attached hydrogens (primary N) is 1. The van der Waals surface area contributed by atoms with Gasteiger partial charge < -0.3 is 25.8 Å². The maximum Gasteiger partial charge on any atom is 0.253 e. The fourth-order valence-electron chi connectivity index (χ4n) is 1.58. The van der Waals surface area contributed by atoms with Crippen molar-refractivity contribution in [1.29, 1.82) is 0 Å². The molecule has 0 saturated heterocycles. The summed E-state index contributed by atoms with van der Waals surface area (Å²) in [6.07, 6.45) is -0.627. The third-order valence-corrected chi connectivity index (χ3v) is 2.59. The molecule has 1 aromatic rings. The lowest BCUT2D eigenvalue weighted by molar-refractivity contribution is 0.0728. The summed E-state index contributed by atoms with van der Waals surface area (Å²) < 4.78 is 4.83. The number of nitrogen functional groups attached to an aromatic ring is 1. The zero-order valence-electron chi connectivity index (χ0n) is 11.5. The maximum atomic E-state index is 11.8. The Hall–Kier alpha value is -1.79. The molecule has 1 aromatic carbocycles. The Morgan fingerprint density at radius 3 is 2.79 bits per heavy atom. The minimum atomic E-state index is -0.627. The lowest BCUT2D eigenvalue weighted by Crippen LogP contribution is -2.25. The minimum absolute atomic E-state index is 0.0968. The molecule has 6 nitrogen and oxygen atoms in total. The number of aliphatic hydroxyl groups excluding tert-OH is 1. The van der Waals surface area contributed by atoms with Gasteiger partial charge in [0, 0.05) is 33.3 Å². The van der Waals surface area contributed by atoms with E-state index in [0.717, 1.165) is 0 Å². The van der Waals surface area contributed by atoms with Crippen LogP contribution in [-0.2, 0) is 4.74 Å². The van der Waals surface area contributed by atoms with Crippen LogP contribution >= 0.6 is 0 Å². The van der Waals surface area contributed by atoms with E-state index in [-0.39, 0.29) is 12.5 Å². The Balaban J connectivity index is 2.77. The van der Waals surface area contributed by atoms with Gasteiger partial charge in [0.25, 0.3) is 5.91 Å². The summed E-state index contributed by atoms with van der Waals surface area (Å²) in [5, 5.41) is 12.6. The van der Waals surface area contributed by atoms with Gasteiger partial charge >= 0.3 is 0 Å². The van der Waals surface area contributed by atoms with Crippen LogP contribution in [0.5, 0.6) is 0 Å². The van der Waals surface area contributed by atoms with E-state index in [9.17, 15) is 9.90 Å². The lowest BCUT2D eigenvalue weighted by atomic mass is 10.1. The van der Waals surface area contributed by atoms with Crippen LogP contribution in [0, 0.1) is 0 Å². The van der Waals surface area contributed by atoms with Gasteiger partial charge in [-0.15, -0.1) is 0 Å². The van der Waals surface area contributed by atoms with E-state index in [0.29, 0.717) is 23.5 Å². The summed E-state index contributed by atoms with van der Waals surface area (Å²) in [5.41, 5.74) is 7.53. The predicted molar refractivity (Wildman–Crippen MR) is 75.2 cm³/mol. The van der Waals surface area contributed by atoms with Crippen molar-refractivity contribution in [2.45, 2.75) is 6.10 Å². The van der Waals surface area contributed by atoms with Gasteiger partial charge in [-0.1, -0.05) is 0 Å². The Kier molecular flexibility index (Phi) is 5.59. The zero-order chi connectivity index (χ0) is 14.4. The second-order valence-electron chi connectivity index (χ2n) is 4.49. The monoisotopic (exact) mass is 267 g/mol. The van der Waals surface area contributed by atoms with Crippen molar-refractivity contribution in [2.75, 3.05) is 45.4 Å². The molecule has 0 aromatic heterocycles. The molecule has 1 amide bonds. The average Bonchev–Trinajstić information content (AvgIpc) is 2.37. The first-order chi connectivity index (χ1) is 8.95. The lowest BCUT2D eigenvalue weighted by Gasteiger charge is -2.15. The van der Waals surface area contributed by atoms with Crippen molar-refractivity contribution >= 4 is 17.3 Å². The van der Waals surface area contributed by atoms with Crippen molar-refractivity contribution < 1.29 is 14.6 Å². The van der Waals surface area contributed by atoms with Gasteiger partial charge in [-0.25, -0.2) is 0 Å². The quantitative estimate of drug-likeness (QED) is 0.649. The molecule has 19 heavy (non-hydrogen) atoms. The Labute approximate surface area is 113 Å². The number of benzene rings is 1. The zero-order valence-corrected chi connectivity index (χ0v) is 11.5. The van der Waals surface area contributed by atoms with E-state index < -0.39 is 6.10 Å². The van der Waals surface area contributed by atoms with Gasteiger partial charge in [0.1, 0.15) is 0 Å². The summed E-state index contributed by atoms with van der Waals surface area (Å²) >= 11 is 0. The van der Waals surface area contributed by atoms with E-state index in [1.807, 2.05) is 0 Å². The van der Waals surface area contributed by atoms with Crippen LogP contribution in [0.25, 0.3) is 0 Å². The highest BCUT2D eigenvalue weighted by atomic mass is 16.5. The van der Waals surface area contributed by atoms with E-state index in [4.69, 9.17) is 10.5 Å². The largest absolute Gasteiger partial charge is 0.397 e. The second-order valence-corrected chi connectivity index (χ2v) is 4.49. The number of ether oxygens (including phenoxy) is 1. The number of aliphatic hydroxyl groups is 1. The SMILES string of the molecule is COCC(O)CNc1cc(C(=O)N(C)C)ccc1N. The molecular formula is C13H21N3O3. The molecule has 4 N–H and O–H groups in total. The fourth-order valence-corrected chi connectivity index (χ4v) is 1.58. The van der Waals surface area contributed by atoms with Gasteiger partial charge in [0.15, 0.2) is 0 Å². The van der Waals surface area contributed by atoms with Crippen molar-refractivity contribution in [3.05, 3.63) is 23.8 Å². The molecule has 0 spiro atoms. The summed E-state index contributed by atoms with van der Waals surface area (Å²) in [4.78, 5) is 13.3. The number of methoxy groups -OCH3 is 1. The molecule has 0 heterocycles. The van der Waals surface area contributed by atoms with Crippen LogP contribution in [0.4, 0.5) is 11.4 Å². The smallest absolute Gasteiger partial charge is 0.253 e. The maximum absolute atomic E-state index is 11.8. The molecule has 0 bridgehead atoms. The normalized spacial score (nSPS) is 12.0. The third kappa shape index (κ3) is 4.42. The van der Waals surface area contributed by atoms with E-state index in [1.165, 1.54) is 12.0 Å². The van der Waals surface area contributed by atoms with Gasteiger partial charge in [0.2, 0.25) is 0 Å². The van der Waals surface area contributed by atoms with Crippen molar-refractivity contribution in [2.24, 2.45) is 0 Å². The number of carbonyl (C=O) groups excluding carboxylic acids is 1. The van der Waals surface area contributed by atoms with E-state index >= 15 is 0 Å². The molecule has 1 atom stereocenters. The molecule has 1 unspecified atom stereocenters. The van der Waals surface area contributed by atoms with Crippen LogP contribution in [0.2, 0.25) is 0 Å². The van der Waals surface area contributed by atoms with Crippen LogP contribution in [0.3, 0.4) is 0 Å². The second kappa shape index (κ2) is 6.96. The van der Waals surface area contributed by atoms with Crippen LogP contribution in [0.1, 0.15) is 10.4 Å². The number of nitrogens with zero attached hydrogens (tertiary/aromatic N) is 1. The summed E-state index contributed by atoms with van der Waals surface area (Å²) in [5.74, 6) is -0.0968. The molecule has 0 aliphatic rings. The first-order valence-electron chi connectivity index (χ1n) is 5.97. The number of hydrogen-bond acceptors (Lipinski definition) is 5. The molecule has 0 aliphatic carbocycles. The standard InChI is InChI=1S/C13H21N3O3/c1-16(2)13(18)9-4-5-11(14)12(6-9)15-7-10(17)8-19-3/h4-6,10,15,17H,7-8,14H2,1-3H3. The first-order valence-corrected chi connectivity index (χ1v) is 5.97. The van der Waals surface area contributed by atoms with Crippen LogP contribution < -0.4 is 11.1 Å². The van der Waals surface area contributed by atoms with Crippen LogP contribution in [0.15, 0.2) is 18.2 Å². The summed E-state index contributed by atoms with van der Waals surface area (Å²) in [6, 6.07) is 5.02. The fraction of sp³-hybridized carbons (Fsp3) is 0.462. The third-order valence-electron chi connectivity index (χ3n) is 2.59. The number of nitrogens with one attached hydrogen (secondary N) is 1. The number of rotatable bonds is 6. The number of amides is 1. The molecule has 106 valence electrons. The number of carbonyl (C=O) groups is 1. The van der Waals surface area contributed by atoms with E-state index in [1.54, 1.807) is 32.3 Å². The molecule has 6 heteroatoms. The van der Waals surface area contributed by atoms with Gasteiger partial charge in [-0.2, -0.15) is 0 Å². The summed E-state index contributed by atoms with van der Waals surface area (Å²) in [6.45, 7) is 0.543. The highest BCUT2D eigenvalue weighted by Gasteiger charge is 2.11. The van der Waals surface area contributed by atoms with Gasteiger partial charge in [-0.05, 0) is 18.2 Å². The first kappa shape index (κ1) is 15.3. The minimum Gasteiger partial charge on any atom is -0.397 e. The molecule has 0 radical (unpaired) electrons. The van der Waals surface area contributed by atoms with Crippen molar-refractivity contribution in [3.8, 4) is 0 Å². The highest BCUT2D eigenvalue weighted by molar-refractivity contribution is 5.95. The number of anilines is 2. The van der Waals surface area contributed by atoms with E-state index in [2.05, 4.69) is 5.32 Å². The predicted octanol–water partition coefficient (Wildman–Crippen LogP) is 0.390. The van der Waals surface area contributed by atoms with Gasteiger partial charge in [-0.3, -0.25) is 4.79 Å². The number of hydrogen-bond donors (Lipinski definition) is 3. The molecule has 0 fully saturated rings. The topological polar surface area (TPSA) is 87.8 Å². The Bertz CT molecular complexity index is 435. The highest BCUT2D eigenvalue weighted by Crippen LogP contribution is 2.20. The van der Waals surface area contributed by atoms with Crippen LogP contribution in [-0.4, -0.2) is 56.4 Å². The molecular weight excluding hydrogens is 246 g/mol. The van der Waals surface area contributed by atoms with Gasteiger partial charge in [0.05, 0.1) is 24.1 Å². The molecule has 0 aliphatic heterocycles. The Morgan fingerprint density at radius 1 is 1.53 bits per heavy atom. The Morgan fingerprint density at radius 2 is 2.21 bits per heavy atom. The van der Waals surface area contributed by atoms with Crippen molar-refractivity contribution in [3.63, 3.8) is 0 Å². The van der Waals surface area contributed by atoms with Crippen molar-refractivity contribution in [1.82, 2.24) is 4.90 Å².